The Labute approximate surface area is 127 Å². The Hall–Kier alpha value is -1.26. The van der Waals surface area contributed by atoms with Crippen molar-refractivity contribution in [1.29, 1.82) is 0 Å². The summed E-state index contributed by atoms with van der Waals surface area (Å²) in [4.78, 5) is 2.32. The first-order chi connectivity index (χ1) is 9.96. The molecule has 0 aliphatic carbocycles. The van der Waals surface area contributed by atoms with Crippen LogP contribution in [0.2, 0.25) is 0 Å². The van der Waals surface area contributed by atoms with Gasteiger partial charge in [0, 0.05) is 18.5 Å². The third-order valence-electron chi connectivity index (χ3n) is 4.30. The lowest BCUT2D eigenvalue weighted by molar-refractivity contribution is 0.111. The van der Waals surface area contributed by atoms with Gasteiger partial charge in [0.15, 0.2) is 11.5 Å². The SMILES string of the molecule is COc1cc(C(C)(C)CO)ccc1OC1CCN(C)CC1. The molecule has 2 rings (SSSR count). The van der Waals surface area contributed by atoms with Crippen LogP contribution in [0.1, 0.15) is 32.3 Å². The molecule has 0 radical (unpaired) electrons. The summed E-state index contributed by atoms with van der Waals surface area (Å²) in [6.07, 6.45) is 2.35. The molecule has 0 spiro atoms. The second-order valence-electron chi connectivity index (χ2n) is 6.53. The van der Waals surface area contributed by atoms with Gasteiger partial charge in [-0.1, -0.05) is 19.9 Å². The summed E-state index contributed by atoms with van der Waals surface area (Å²) in [5.74, 6) is 1.54. The van der Waals surface area contributed by atoms with Crippen molar-refractivity contribution in [2.24, 2.45) is 0 Å². The number of hydrogen-bond donors (Lipinski definition) is 1. The highest BCUT2D eigenvalue weighted by Crippen LogP contribution is 2.34. The fraction of sp³-hybridized carbons (Fsp3) is 0.647. The van der Waals surface area contributed by atoms with Crippen LogP contribution in [0, 0.1) is 0 Å². The van der Waals surface area contributed by atoms with Gasteiger partial charge in [0.2, 0.25) is 0 Å². The fourth-order valence-corrected chi connectivity index (χ4v) is 2.56. The monoisotopic (exact) mass is 293 g/mol. The van der Waals surface area contributed by atoms with Gasteiger partial charge in [0.25, 0.3) is 0 Å². The molecule has 1 heterocycles. The van der Waals surface area contributed by atoms with Crippen molar-refractivity contribution in [2.75, 3.05) is 33.9 Å². The van der Waals surface area contributed by atoms with E-state index >= 15 is 0 Å². The Bertz CT molecular complexity index is 465. The van der Waals surface area contributed by atoms with Crippen LogP contribution < -0.4 is 9.47 Å². The van der Waals surface area contributed by atoms with Crippen molar-refractivity contribution in [1.82, 2.24) is 4.90 Å². The number of piperidine rings is 1. The fourth-order valence-electron chi connectivity index (χ4n) is 2.56. The number of methoxy groups -OCH3 is 1. The molecule has 1 saturated heterocycles. The van der Waals surface area contributed by atoms with E-state index in [4.69, 9.17) is 9.47 Å². The Morgan fingerprint density at radius 2 is 1.90 bits per heavy atom. The average molecular weight is 293 g/mol. The van der Waals surface area contributed by atoms with E-state index in [1.807, 2.05) is 32.0 Å². The van der Waals surface area contributed by atoms with Crippen LogP contribution in [0.15, 0.2) is 18.2 Å². The van der Waals surface area contributed by atoms with Gasteiger partial charge < -0.3 is 19.5 Å². The van der Waals surface area contributed by atoms with E-state index in [1.165, 1.54) is 0 Å². The lowest BCUT2D eigenvalue weighted by Crippen LogP contribution is -2.35. The summed E-state index contributed by atoms with van der Waals surface area (Å²) in [7, 11) is 3.80. The zero-order chi connectivity index (χ0) is 15.5. The standard InChI is InChI=1S/C17H27NO3/c1-17(2,12-19)13-5-6-15(16(11-13)20-4)21-14-7-9-18(3)10-8-14/h5-6,11,14,19H,7-10,12H2,1-4H3. The first kappa shape index (κ1) is 16.1. The Kier molecular flexibility index (Phi) is 5.12. The molecule has 1 aliphatic rings. The predicted octanol–water partition coefficient (Wildman–Crippen LogP) is 2.44. The number of ether oxygens (including phenoxy) is 2. The first-order valence-corrected chi connectivity index (χ1v) is 7.61. The van der Waals surface area contributed by atoms with Crippen molar-refractivity contribution in [3.8, 4) is 11.5 Å². The molecule has 118 valence electrons. The van der Waals surface area contributed by atoms with Gasteiger partial charge in [-0.15, -0.1) is 0 Å². The number of aliphatic hydroxyl groups excluding tert-OH is 1. The van der Waals surface area contributed by atoms with E-state index in [2.05, 4.69) is 11.9 Å². The zero-order valence-corrected chi connectivity index (χ0v) is 13.6. The van der Waals surface area contributed by atoms with Crippen LogP contribution in [-0.2, 0) is 5.41 Å². The molecule has 0 bridgehead atoms. The molecule has 1 aromatic rings. The van der Waals surface area contributed by atoms with Crippen molar-refractivity contribution >= 4 is 0 Å². The van der Waals surface area contributed by atoms with Crippen LogP contribution in [0.25, 0.3) is 0 Å². The van der Waals surface area contributed by atoms with E-state index in [0.29, 0.717) is 0 Å². The molecule has 4 nitrogen and oxygen atoms in total. The Balaban J connectivity index is 2.13. The molecule has 0 aromatic heterocycles. The van der Waals surface area contributed by atoms with Crippen molar-refractivity contribution in [2.45, 2.75) is 38.2 Å². The molecule has 4 heteroatoms. The van der Waals surface area contributed by atoms with Gasteiger partial charge in [-0.3, -0.25) is 0 Å². The topological polar surface area (TPSA) is 41.9 Å². The van der Waals surface area contributed by atoms with Gasteiger partial charge in [0.1, 0.15) is 6.10 Å². The summed E-state index contributed by atoms with van der Waals surface area (Å²) >= 11 is 0. The first-order valence-electron chi connectivity index (χ1n) is 7.61. The van der Waals surface area contributed by atoms with Gasteiger partial charge in [-0.05, 0) is 37.6 Å². The minimum Gasteiger partial charge on any atom is -0.493 e. The quantitative estimate of drug-likeness (QED) is 0.905. The molecule has 1 N–H and O–H groups in total. The molecule has 0 unspecified atom stereocenters. The van der Waals surface area contributed by atoms with E-state index < -0.39 is 0 Å². The zero-order valence-electron chi connectivity index (χ0n) is 13.6. The molecular weight excluding hydrogens is 266 g/mol. The molecule has 1 aromatic carbocycles. The van der Waals surface area contributed by atoms with Crippen LogP contribution in [-0.4, -0.2) is 50.0 Å². The second kappa shape index (κ2) is 6.67. The third-order valence-corrected chi connectivity index (χ3v) is 4.30. The number of nitrogens with zero attached hydrogens (tertiary/aromatic N) is 1. The highest BCUT2D eigenvalue weighted by atomic mass is 16.5. The Morgan fingerprint density at radius 1 is 1.24 bits per heavy atom. The summed E-state index contributed by atoms with van der Waals surface area (Å²) in [6, 6.07) is 5.95. The van der Waals surface area contributed by atoms with Crippen LogP contribution in [0.3, 0.4) is 0 Å². The maximum absolute atomic E-state index is 9.49. The van der Waals surface area contributed by atoms with Gasteiger partial charge in [-0.2, -0.15) is 0 Å². The van der Waals surface area contributed by atoms with Crippen LogP contribution in [0.5, 0.6) is 11.5 Å². The molecule has 21 heavy (non-hydrogen) atoms. The summed E-state index contributed by atoms with van der Waals surface area (Å²) in [5, 5.41) is 9.49. The van der Waals surface area contributed by atoms with E-state index in [9.17, 15) is 5.11 Å². The number of benzene rings is 1. The Morgan fingerprint density at radius 3 is 2.48 bits per heavy atom. The summed E-state index contributed by atoms with van der Waals surface area (Å²) < 4.78 is 11.6. The maximum atomic E-state index is 9.49. The summed E-state index contributed by atoms with van der Waals surface area (Å²) in [5.41, 5.74) is 0.775. The highest BCUT2D eigenvalue weighted by molar-refractivity contribution is 5.45. The van der Waals surface area contributed by atoms with Gasteiger partial charge >= 0.3 is 0 Å². The number of hydrogen-bond acceptors (Lipinski definition) is 4. The van der Waals surface area contributed by atoms with Crippen LogP contribution in [0.4, 0.5) is 0 Å². The molecule has 1 fully saturated rings. The van der Waals surface area contributed by atoms with E-state index in [0.717, 1.165) is 43.0 Å². The molecule has 0 saturated carbocycles. The highest BCUT2D eigenvalue weighted by Gasteiger charge is 2.23. The van der Waals surface area contributed by atoms with Gasteiger partial charge in [0.05, 0.1) is 13.7 Å². The van der Waals surface area contributed by atoms with E-state index in [-0.39, 0.29) is 18.1 Å². The van der Waals surface area contributed by atoms with Crippen LogP contribution >= 0.6 is 0 Å². The lowest BCUT2D eigenvalue weighted by Gasteiger charge is -2.30. The van der Waals surface area contributed by atoms with Crippen molar-refractivity contribution in [3.63, 3.8) is 0 Å². The molecule has 1 aliphatic heterocycles. The lowest BCUT2D eigenvalue weighted by atomic mass is 9.85. The normalized spacial score (nSPS) is 17.8. The summed E-state index contributed by atoms with van der Waals surface area (Å²) in [6.45, 7) is 6.27. The van der Waals surface area contributed by atoms with E-state index in [1.54, 1.807) is 7.11 Å². The third kappa shape index (κ3) is 3.89. The largest absolute Gasteiger partial charge is 0.493 e. The average Bonchev–Trinajstić information content (AvgIpc) is 2.49. The minimum absolute atomic E-state index is 0.102. The molecule has 0 amide bonds. The van der Waals surface area contributed by atoms with Gasteiger partial charge in [-0.25, -0.2) is 0 Å². The van der Waals surface area contributed by atoms with Crippen molar-refractivity contribution in [3.05, 3.63) is 23.8 Å². The molecule has 0 atom stereocenters. The maximum Gasteiger partial charge on any atom is 0.161 e. The smallest absolute Gasteiger partial charge is 0.161 e. The number of aliphatic hydroxyl groups is 1. The predicted molar refractivity (Wildman–Crippen MR) is 84.3 cm³/mol. The van der Waals surface area contributed by atoms with Crippen molar-refractivity contribution < 1.29 is 14.6 Å². The molecular formula is C17H27NO3. The number of likely N-dealkylation sites (tertiary alicyclic amines) is 1. The minimum atomic E-state index is -0.278. The second-order valence-corrected chi connectivity index (χ2v) is 6.53. The number of rotatable bonds is 5.